The van der Waals surface area contributed by atoms with Crippen molar-refractivity contribution in [3.63, 3.8) is 0 Å². The monoisotopic (exact) mass is 342 g/mol. The second kappa shape index (κ2) is 7.54. The first-order valence-electron chi connectivity index (χ1n) is 9.32. The number of amides is 1. The van der Waals surface area contributed by atoms with Crippen molar-refractivity contribution in [1.29, 1.82) is 0 Å². The summed E-state index contributed by atoms with van der Waals surface area (Å²) in [6, 6.07) is 6.14. The molecule has 0 N–H and O–H groups in total. The fraction of sp³-hybridized carbons (Fsp3) is 0.579. The highest BCUT2D eigenvalue weighted by atomic mass is 16.5. The van der Waals surface area contributed by atoms with E-state index in [1.807, 2.05) is 29.4 Å². The Morgan fingerprint density at radius 2 is 2.16 bits per heavy atom. The van der Waals surface area contributed by atoms with Crippen LogP contribution in [0, 0.1) is 0 Å². The van der Waals surface area contributed by atoms with Crippen LogP contribution < -0.4 is 0 Å². The predicted molar refractivity (Wildman–Crippen MR) is 95.3 cm³/mol. The summed E-state index contributed by atoms with van der Waals surface area (Å²) in [5.41, 5.74) is 2.10. The van der Waals surface area contributed by atoms with E-state index in [1.165, 1.54) is 0 Å². The lowest BCUT2D eigenvalue weighted by molar-refractivity contribution is -0.131. The number of carbonyl (C=O) groups is 1. The fourth-order valence-electron chi connectivity index (χ4n) is 3.88. The molecule has 2 aliphatic heterocycles. The summed E-state index contributed by atoms with van der Waals surface area (Å²) in [7, 11) is 0. The van der Waals surface area contributed by atoms with Gasteiger partial charge in [-0.25, -0.2) is 4.98 Å². The van der Waals surface area contributed by atoms with Gasteiger partial charge in [0, 0.05) is 50.9 Å². The first-order valence-corrected chi connectivity index (χ1v) is 9.32. The molecule has 2 aromatic heterocycles. The lowest BCUT2D eigenvalue weighted by Crippen LogP contribution is -2.41. The van der Waals surface area contributed by atoms with E-state index in [0.29, 0.717) is 6.54 Å². The van der Waals surface area contributed by atoms with E-state index >= 15 is 0 Å². The van der Waals surface area contributed by atoms with Crippen molar-refractivity contribution in [2.75, 3.05) is 32.8 Å². The normalized spacial score (nSPS) is 20.8. The lowest BCUT2D eigenvalue weighted by Gasteiger charge is -2.27. The second-order valence-electron chi connectivity index (χ2n) is 7.07. The van der Waals surface area contributed by atoms with E-state index in [1.54, 1.807) is 0 Å². The predicted octanol–water partition coefficient (Wildman–Crippen LogP) is 1.94. The van der Waals surface area contributed by atoms with Gasteiger partial charge in [0.2, 0.25) is 5.91 Å². The first kappa shape index (κ1) is 16.5. The summed E-state index contributed by atoms with van der Waals surface area (Å²) in [6.45, 7) is 4.66. The average Bonchev–Trinajstić information content (AvgIpc) is 3.37. The van der Waals surface area contributed by atoms with Crippen molar-refractivity contribution in [1.82, 2.24) is 19.2 Å². The Morgan fingerprint density at radius 3 is 2.96 bits per heavy atom. The average molecular weight is 342 g/mol. The smallest absolute Gasteiger partial charge is 0.236 e. The molecule has 0 saturated carbocycles. The van der Waals surface area contributed by atoms with Gasteiger partial charge >= 0.3 is 0 Å². The van der Waals surface area contributed by atoms with E-state index in [0.717, 1.165) is 69.8 Å². The highest BCUT2D eigenvalue weighted by Crippen LogP contribution is 2.17. The lowest BCUT2D eigenvalue weighted by atomic mass is 10.2. The van der Waals surface area contributed by atoms with Crippen molar-refractivity contribution in [3.05, 3.63) is 36.3 Å². The number of fused-ring (bicyclic) bond motifs is 1. The molecule has 0 spiro atoms. The summed E-state index contributed by atoms with van der Waals surface area (Å²) in [5.74, 6) is 0.244. The minimum atomic E-state index is 0.244. The molecule has 2 aliphatic rings. The highest BCUT2D eigenvalue weighted by molar-refractivity contribution is 5.78. The molecule has 6 heteroatoms. The van der Waals surface area contributed by atoms with E-state index in [9.17, 15) is 4.79 Å². The van der Waals surface area contributed by atoms with Gasteiger partial charge in [0.25, 0.3) is 0 Å². The Hall–Kier alpha value is -1.92. The number of hydrogen-bond donors (Lipinski definition) is 0. The van der Waals surface area contributed by atoms with Crippen LogP contribution in [0.2, 0.25) is 0 Å². The standard InChI is InChI=1S/C19H26N4O2/c24-19(22-9-1-2-10-22)15-21(14-17-6-4-12-25-17)13-16-5-3-7-18-20-8-11-23(16)18/h3,5,7-8,11,17H,1-2,4,6,9-10,12-15H2/t17-/m1/s1. The number of pyridine rings is 1. The van der Waals surface area contributed by atoms with Crippen LogP contribution in [-0.4, -0.2) is 64.0 Å². The van der Waals surface area contributed by atoms with Gasteiger partial charge in [0.15, 0.2) is 0 Å². The molecule has 1 amide bonds. The molecule has 2 aromatic rings. The zero-order valence-electron chi connectivity index (χ0n) is 14.6. The van der Waals surface area contributed by atoms with Crippen molar-refractivity contribution >= 4 is 11.6 Å². The first-order chi connectivity index (χ1) is 12.3. The van der Waals surface area contributed by atoms with Gasteiger partial charge in [-0.1, -0.05) is 6.07 Å². The zero-order valence-corrected chi connectivity index (χ0v) is 14.6. The molecule has 1 atom stereocenters. The number of nitrogens with zero attached hydrogens (tertiary/aromatic N) is 4. The summed E-state index contributed by atoms with van der Waals surface area (Å²) < 4.78 is 7.91. The molecule has 4 rings (SSSR count). The molecule has 0 unspecified atom stereocenters. The Balaban J connectivity index is 1.49. The van der Waals surface area contributed by atoms with Gasteiger partial charge in [-0.3, -0.25) is 9.69 Å². The molecule has 0 aromatic carbocycles. The van der Waals surface area contributed by atoms with Crippen LogP contribution in [0.4, 0.5) is 0 Å². The number of hydrogen-bond acceptors (Lipinski definition) is 4. The maximum atomic E-state index is 12.7. The third-order valence-electron chi connectivity index (χ3n) is 5.20. The van der Waals surface area contributed by atoms with Crippen molar-refractivity contribution in [2.45, 2.75) is 38.3 Å². The minimum absolute atomic E-state index is 0.244. The third-order valence-corrected chi connectivity index (χ3v) is 5.20. The number of carbonyl (C=O) groups excluding carboxylic acids is 1. The molecule has 134 valence electrons. The molecule has 6 nitrogen and oxygen atoms in total. The van der Waals surface area contributed by atoms with E-state index in [4.69, 9.17) is 4.74 Å². The minimum Gasteiger partial charge on any atom is -0.377 e. The van der Waals surface area contributed by atoms with Crippen LogP contribution in [0.25, 0.3) is 5.65 Å². The summed E-state index contributed by atoms with van der Waals surface area (Å²) in [4.78, 5) is 21.3. The molecular weight excluding hydrogens is 316 g/mol. The van der Waals surface area contributed by atoms with Crippen molar-refractivity contribution in [3.8, 4) is 0 Å². The van der Waals surface area contributed by atoms with E-state index in [-0.39, 0.29) is 12.0 Å². The van der Waals surface area contributed by atoms with Crippen LogP contribution in [-0.2, 0) is 16.1 Å². The Labute approximate surface area is 148 Å². The van der Waals surface area contributed by atoms with Gasteiger partial charge in [0.1, 0.15) is 5.65 Å². The van der Waals surface area contributed by atoms with E-state index < -0.39 is 0 Å². The van der Waals surface area contributed by atoms with Crippen molar-refractivity contribution < 1.29 is 9.53 Å². The summed E-state index contributed by atoms with van der Waals surface area (Å²) in [6.07, 6.45) is 8.51. The third kappa shape index (κ3) is 3.85. The number of imidazole rings is 1. The molecule has 4 heterocycles. The molecule has 2 fully saturated rings. The molecular formula is C19H26N4O2. The molecule has 25 heavy (non-hydrogen) atoms. The maximum Gasteiger partial charge on any atom is 0.236 e. The van der Waals surface area contributed by atoms with Crippen molar-refractivity contribution in [2.24, 2.45) is 0 Å². The largest absolute Gasteiger partial charge is 0.377 e. The van der Waals surface area contributed by atoms with Gasteiger partial charge in [0.05, 0.1) is 12.6 Å². The molecule has 0 radical (unpaired) electrons. The fourth-order valence-corrected chi connectivity index (χ4v) is 3.88. The SMILES string of the molecule is O=C(CN(Cc1cccc2nccn12)C[C@H]1CCCO1)N1CCCC1. The number of likely N-dealkylation sites (tertiary alicyclic amines) is 1. The number of rotatable bonds is 6. The van der Waals surface area contributed by atoms with E-state index in [2.05, 4.69) is 20.4 Å². The molecule has 0 bridgehead atoms. The Bertz CT molecular complexity index is 717. The molecule has 2 saturated heterocycles. The van der Waals surface area contributed by atoms with Gasteiger partial charge in [-0.2, -0.15) is 0 Å². The Kier molecular flexibility index (Phi) is 4.99. The van der Waals surface area contributed by atoms with Gasteiger partial charge < -0.3 is 14.0 Å². The summed E-state index contributed by atoms with van der Waals surface area (Å²) in [5, 5.41) is 0. The molecule has 0 aliphatic carbocycles. The second-order valence-corrected chi connectivity index (χ2v) is 7.07. The van der Waals surface area contributed by atoms with Gasteiger partial charge in [-0.15, -0.1) is 0 Å². The van der Waals surface area contributed by atoms with Crippen LogP contribution in [0.15, 0.2) is 30.6 Å². The topological polar surface area (TPSA) is 50.1 Å². The van der Waals surface area contributed by atoms with Crippen LogP contribution in [0.1, 0.15) is 31.4 Å². The number of ether oxygens (including phenoxy) is 1. The highest BCUT2D eigenvalue weighted by Gasteiger charge is 2.24. The quantitative estimate of drug-likeness (QED) is 0.805. The van der Waals surface area contributed by atoms with Crippen LogP contribution in [0.5, 0.6) is 0 Å². The summed E-state index contributed by atoms with van der Waals surface area (Å²) >= 11 is 0. The van der Waals surface area contributed by atoms with Crippen LogP contribution in [0.3, 0.4) is 0 Å². The maximum absolute atomic E-state index is 12.7. The Morgan fingerprint density at radius 1 is 1.28 bits per heavy atom. The van der Waals surface area contributed by atoms with Crippen LogP contribution >= 0.6 is 0 Å². The van der Waals surface area contributed by atoms with Gasteiger partial charge in [-0.05, 0) is 37.8 Å². The number of aromatic nitrogens is 2. The zero-order chi connectivity index (χ0) is 17.1.